The number of unbranched alkanes of at least 4 members (excludes halogenated alkanes) is 1. The van der Waals surface area contributed by atoms with Crippen molar-refractivity contribution in [1.82, 2.24) is 0 Å². The summed E-state index contributed by atoms with van der Waals surface area (Å²) in [6, 6.07) is 8.00. The Morgan fingerprint density at radius 1 is 1.30 bits per heavy atom. The van der Waals surface area contributed by atoms with Crippen LogP contribution in [0.3, 0.4) is 0 Å². The van der Waals surface area contributed by atoms with E-state index in [4.69, 9.17) is 10.5 Å². The van der Waals surface area contributed by atoms with Gasteiger partial charge in [0.1, 0.15) is 15.6 Å². The summed E-state index contributed by atoms with van der Waals surface area (Å²) < 4.78 is 27.7. The second-order valence-electron chi connectivity index (χ2n) is 6.71. The van der Waals surface area contributed by atoms with Gasteiger partial charge in [-0.3, -0.25) is 0 Å². The van der Waals surface area contributed by atoms with Crippen LogP contribution < -0.4 is 10.5 Å². The molecule has 1 aromatic carbocycles. The van der Waals surface area contributed by atoms with E-state index < -0.39 is 15.4 Å². The normalized spacial score (nSPS) is 24.7. The zero-order valence-corrected chi connectivity index (χ0v) is 14.5. The molecule has 0 unspecified atom stereocenters. The van der Waals surface area contributed by atoms with Crippen LogP contribution in [-0.2, 0) is 9.84 Å². The molecule has 1 aliphatic rings. The van der Waals surface area contributed by atoms with E-state index in [9.17, 15) is 13.5 Å². The lowest BCUT2D eigenvalue weighted by Crippen LogP contribution is -2.40. The summed E-state index contributed by atoms with van der Waals surface area (Å²) in [5.41, 5.74) is 6.92. The highest BCUT2D eigenvalue weighted by molar-refractivity contribution is 7.90. The molecule has 6 heteroatoms. The molecule has 1 fully saturated rings. The molecule has 1 aliphatic carbocycles. The van der Waals surface area contributed by atoms with Gasteiger partial charge in [-0.2, -0.15) is 0 Å². The number of aliphatic hydroxyl groups excluding tert-OH is 1. The van der Waals surface area contributed by atoms with E-state index in [1.165, 1.54) is 11.8 Å². The Morgan fingerprint density at radius 3 is 2.57 bits per heavy atom. The fraction of sp³-hybridized carbons (Fsp3) is 0.647. The quantitative estimate of drug-likeness (QED) is 0.704. The second kappa shape index (κ2) is 7.64. The second-order valence-corrected chi connectivity index (χ2v) is 8.97. The third kappa shape index (κ3) is 5.79. The first-order chi connectivity index (χ1) is 10.8. The van der Waals surface area contributed by atoms with Crippen molar-refractivity contribution < 1.29 is 18.3 Å². The Balaban J connectivity index is 1.77. The average molecular weight is 341 g/mol. The first-order valence-corrected chi connectivity index (χ1v) is 10.2. The summed E-state index contributed by atoms with van der Waals surface area (Å²) in [4.78, 5) is 0. The van der Waals surface area contributed by atoms with Gasteiger partial charge in [0.25, 0.3) is 0 Å². The molecule has 1 saturated carbocycles. The lowest BCUT2D eigenvalue weighted by atomic mass is 9.94. The third-order valence-electron chi connectivity index (χ3n) is 4.49. The van der Waals surface area contributed by atoms with Crippen LogP contribution in [0.1, 0.15) is 43.6 Å². The number of hydrogen-bond donors (Lipinski definition) is 2. The molecule has 0 bridgehead atoms. The molecule has 0 amide bonds. The molecule has 23 heavy (non-hydrogen) atoms. The van der Waals surface area contributed by atoms with Crippen molar-refractivity contribution in [1.29, 1.82) is 0 Å². The molecule has 0 radical (unpaired) electrons. The van der Waals surface area contributed by atoms with Crippen LogP contribution in [0.4, 0.5) is 0 Å². The maximum absolute atomic E-state index is 11.0. The van der Waals surface area contributed by atoms with Crippen molar-refractivity contribution in [2.24, 2.45) is 5.73 Å². The molecule has 1 aromatic rings. The Kier molecular flexibility index (Phi) is 6.06. The molecule has 0 aliphatic heterocycles. The van der Waals surface area contributed by atoms with Gasteiger partial charge in [0.2, 0.25) is 0 Å². The minimum atomic E-state index is -2.88. The van der Waals surface area contributed by atoms with Crippen molar-refractivity contribution in [3.63, 3.8) is 0 Å². The van der Waals surface area contributed by atoms with Crippen molar-refractivity contribution in [3.8, 4) is 5.75 Å². The largest absolute Gasteiger partial charge is 0.494 e. The maximum atomic E-state index is 11.0. The van der Waals surface area contributed by atoms with Gasteiger partial charge in [-0.1, -0.05) is 12.1 Å². The molecule has 2 rings (SSSR count). The zero-order chi connectivity index (χ0) is 16.9. The van der Waals surface area contributed by atoms with E-state index in [2.05, 4.69) is 12.1 Å². The van der Waals surface area contributed by atoms with E-state index in [0.717, 1.165) is 31.4 Å². The molecule has 0 saturated heterocycles. The number of rotatable bonds is 8. The topological polar surface area (TPSA) is 89.6 Å². The standard InChI is InChI=1S/C17H27NO4S/c1-23(20,21)11-3-2-10-22-16-6-4-14(5-7-16)15-8-9-17(18,12-15)13-19/h4-7,15,19H,2-3,8-13,18H2,1H3/t15-,17-/m1/s1. The Morgan fingerprint density at radius 2 is 2.00 bits per heavy atom. The third-order valence-corrected chi connectivity index (χ3v) is 5.52. The van der Waals surface area contributed by atoms with Gasteiger partial charge in [0, 0.05) is 11.8 Å². The monoisotopic (exact) mass is 341 g/mol. The molecule has 5 nitrogen and oxygen atoms in total. The van der Waals surface area contributed by atoms with E-state index in [-0.39, 0.29) is 12.4 Å². The number of ether oxygens (including phenoxy) is 1. The number of hydrogen-bond acceptors (Lipinski definition) is 5. The number of sulfone groups is 1. The SMILES string of the molecule is CS(=O)(=O)CCCCOc1ccc([C@@H]2CC[C@](N)(CO)C2)cc1. The van der Waals surface area contributed by atoms with Crippen molar-refractivity contribution in [3.05, 3.63) is 29.8 Å². The van der Waals surface area contributed by atoms with Crippen molar-refractivity contribution >= 4 is 9.84 Å². The molecule has 0 heterocycles. The van der Waals surface area contributed by atoms with E-state index in [0.29, 0.717) is 18.9 Å². The summed E-state index contributed by atoms with van der Waals surface area (Å²) in [6.45, 7) is 0.562. The summed E-state index contributed by atoms with van der Waals surface area (Å²) >= 11 is 0. The van der Waals surface area contributed by atoms with Crippen molar-refractivity contribution in [2.45, 2.75) is 43.6 Å². The van der Waals surface area contributed by atoms with Gasteiger partial charge in [-0.15, -0.1) is 0 Å². The highest BCUT2D eigenvalue weighted by atomic mass is 32.2. The Labute approximate surface area is 138 Å². The highest BCUT2D eigenvalue weighted by Crippen LogP contribution is 2.39. The van der Waals surface area contributed by atoms with Crippen LogP contribution in [0, 0.1) is 0 Å². The van der Waals surface area contributed by atoms with Crippen LogP contribution in [0.2, 0.25) is 0 Å². The minimum Gasteiger partial charge on any atom is -0.494 e. The lowest BCUT2D eigenvalue weighted by Gasteiger charge is -2.21. The minimum absolute atomic E-state index is 0.0399. The lowest BCUT2D eigenvalue weighted by molar-refractivity contribution is 0.198. The molecule has 0 aromatic heterocycles. The summed E-state index contributed by atoms with van der Waals surface area (Å²) in [5, 5.41) is 9.34. The van der Waals surface area contributed by atoms with Crippen LogP contribution in [0.5, 0.6) is 5.75 Å². The summed E-state index contributed by atoms with van der Waals surface area (Å²) in [5.74, 6) is 1.41. The maximum Gasteiger partial charge on any atom is 0.147 e. The molecule has 130 valence electrons. The van der Waals surface area contributed by atoms with Gasteiger partial charge < -0.3 is 15.6 Å². The van der Waals surface area contributed by atoms with Gasteiger partial charge in [-0.25, -0.2) is 8.42 Å². The van der Waals surface area contributed by atoms with Crippen LogP contribution in [0.25, 0.3) is 0 Å². The molecular formula is C17H27NO4S. The first kappa shape index (κ1) is 18.2. The van der Waals surface area contributed by atoms with Gasteiger partial charge in [0.15, 0.2) is 0 Å². The molecule has 0 spiro atoms. The molecule has 2 atom stereocenters. The molecular weight excluding hydrogens is 314 g/mol. The fourth-order valence-electron chi connectivity index (χ4n) is 3.08. The number of nitrogens with two attached hydrogens (primary N) is 1. The highest BCUT2D eigenvalue weighted by Gasteiger charge is 2.35. The molecule has 3 N–H and O–H groups in total. The summed E-state index contributed by atoms with van der Waals surface area (Å²) in [7, 11) is -2.88. The number of aliphatic hydroxyl groups is 1. The first-order valence-electron chi connectivity index (χ1n) is 8.12. The average Bonchev–Trinajstić information content (AvgIpc) is 2.90. The Bertz CT molecular complexity index is 600. The predicted octanol–water partition coefficient (Wildman–Crippen LogP) is 1.85. The van der Waals surface area contributed by atoms with E-state index >= 15 is 0 Å². The van der Waals surface area contributed by atoms with E-state index in [1.54, 1.807) is 0 Å². The van der Waals surface area contributed by atoms with Crippen LogP contribution in [-0.4, -0.2) is 44.3 Å². The van der Waals surface area contributed by atoms with Crippen molar-refractivity contribution in [2.75, 3.05) is 25.2 Å². The summed E-state index contributed by atoms with van der Waals surface area (Å²) in [6.07, 6.45) is 5.27. The zero-order valence-electron chi connectivity index (χ0n) is 13.7. The van der Waals surface area contributed by atoms with Gasteiger partial charge in [-0.05, 0) is 55.7 Å². The fourth-order valence-corrected chi connectivity index (χ4v) is 3.81. The van der Waals surface area contributed by atoms with Crippen LogP contribution in [0.15, 0.2) is 24.3 Å². The van der Waals surface area contributed by atoms with Gasteiger partial charge in [0.05, 0.1) is 19.0 Å². The van der Waals surface area contributed by atoms with E-state index in [1.807, 2.05) is 12.1 Å². The predicted molar refractivity (Wildman–Crippen MR) is 91.5 cm³/mol. The Hall–Kier alpha value is -1.11. The smallest absolute Gasteiger partial charge is 0.147 e. The van der Waals surface area contributed by atoms with Gasteiger partial charge >= 0.3 is 0 Å². The van der Waals surface area contributed by atoms with Crippen LogP contribution >= 0.6 is 0 Å². The number of benzene rings is 1.